The smallest absolute Gasteiger partial charge is 0.239 e. The number of fused-ring (bicyclic) bond motifs is 1. The first-order valence-corrected chi connectivity index (χ1v) is 7.58. The van der Waals surface area contributed by atoms with Gasteiger partial charge in [-0.2, -0.15) is 0 Å². The van der Waals surface area contributed by atoms with E-state index < -0.39 is 22.7 Å². The third kappa shape index (κ3) is 2.69. The minimum absolute atomic E-state index is 0.00435. The van der Waals surface area contributed by atoms with Gasteiger partial charge >= 0.3 is 0 Å². The van der Waals surface area contributed by atoms with Crippen LogP contribution in [0.15, 0.2) is 27.4 Å². The molecule has 0 unspecified atom stereocenters. The van der Waals surface area contributed by atoms with Crippen LogP contribution in [-0.4, -0.2) is 41.8 Å². The number of hydrogen-bond acceptors (Lipinski definition) is 9. The van der Waals surface area contributed by atoms with Crippen molar-refractivity contribution in [1.82, 2.24) is 0 Å². The van der Waals surface area contributed by atoms with E-state index >= 15 is 0 Å². The van der Waals surface area contributed by atoms with Gasteiger partial charge < -0.3 is 39.1 Å². The molecule has 0 bridgehead atoms. The van der Waals surface area contributed by atoms with Crippen molar-refractivity contribution in [3.8, 4) is 51.6 Å². The lowest BCUT2D eigenvalue weighted by Gasteiger charge is -2.14. The van der Waals surface area contributed by atoms with Crippen LogP contribution in [0.25, 0.3) is 22.3 Å². The highest BCUT2D eigenvalue weighted by Crippen LogP contribution is 2.46. The first-order chi connectivity index (χ1) is 12.8. The Hall–Kier alpha value is -3.75. The van der Waals surface area contributed by atoms with Gasteiger partial charge in [0.1, 0.15) is 16.7 Å². The summed E-state index contributed by atoms with van der Waals surface area (Å²) in [5.74, 6) is -2.56. The molecule has 0 aliphatic rings. The second-order valence-electron chi connectivity index (χ2n) is 5.49. The summed E-state index contributed by atoms with van der Waals surface area (Å²) >= 11 is 0. The number of hydrogen-bond donors (Lipinski definition) is 4. The summed E-state index contributed by atoms with van der Waals surface area (Å²) in [6.45, 7) is 0. The lowest BCUT2D eigenvalue weighted by Crippen LogP contribution is -2.08. The van der Waals surface area contributed by atoms with Gasteiger partial charge in [0.25, 0.3) is 0 Å². The summed E-state index contributed by atoms with van der Waals surface area (Å²) in [4.78, 5) is 12.8. The van der Waals surface area contributed by atoms with E-state index in [1.165, 1.54) is 27.4 Å². The molecular formula is C18H16O9. The summed E-state index contributed by atoms with van der Waals surface area (Å²) in [5.41, 5.74) is -0.927. The van der Waals surface area contributed by atoms with Crippen LogP contribution in [0.1, 0.15) is 0 Å². The summed E-state index contributed by atoms with van der Waals surface area (Å²) in [7, 11) is 3.74. The second-order valence-corrected chi connectivity index (χ2v) is 5.49. The molecule has 9 heteroatoms. The highest BCUT2D eigenvalue weighted by atomic mass is 16.5. The molecule has 142 valence electrons. The Bertz CT molecular complexity index is 1100. The van der Waals surface area contributed by atoms with Gasteiger partial charge in [0.2, 0.25) is 16.9 Å². The summed E-state index contributed by atoms with van der Waals surface area (Å²) in [6.07, 6.45) is 0. The summed E-state index contributed by atoms with van der Waals surface area (Å²) in [5, 5.41) is 39.9. The predicted octanol–water partition coefficient (Wildman–Crippen LogP) is 2.31. The molecule has 3 rings (SSSR count). The van der Waals surface area contributed by atoms with Crippen molar-refractivity contribution in [2.75, 3.05) is 21.3 Å². The average Bonchev–Trinajstić information content (AvgIpc) is 2.61. The minimum Gasteiger partial charge on any atom is -0.507 e. The lowest BCUT2D eigenvalue weighted by molar-refractivity contribution is 0.345. The molecule has 0 spiro atoms. The monoisotopic (exact) mass is 376 g/mol. The van der Waals surface area contributed by atoms with E-state index in [1.807, 2.05) is 0 Å². The zero-order valence-electron chi connectivity index (χ0n) is 14.6. The van der Waals surface area contributed by atoms with Crippen LogP contribution in [0.3, 0.4) is 0 Å². The Morgan fingerprint density at radius 2 is 1.48 bits per heavy atom. The maximum absolute atomic E-state index is 12.8. The molecule has 0 aliphatic heterocycles. The van der Waals surface area contributed by atoms with Crippen LogP contribution in [0.5, 0.6) is 40.2 Å². The molecule has 0 saturated carbocycles. The first-order valence-electron chi connectivity index (χ1n) is 7.58. The lowest BCUT2D eigenvalue weighted by atomic mass is 10.1. The molecule has 0 atom stereocenters. The maximum atomic E-state index is 12.8. The van der Waals surface area contributed by atoms with E-state index in [0.717, 1.165) is 12.1 Å². The Kier molecular flexibility index (Phi) is 4.36. The van der Waals surface area contributed by atoms with Gasteiger partial charge in [-0.05, 0) is 6.07 Å². The third-order valence-corrected chi connectivity index (χ3v) is 4.00. The van der Waals surface area contributed by atoms with Crippen molar-refractivity contribution in [3.05, 3.63) is 28.4 Å². The number of phenolic OH excluding ortho intramolecular Hbond substituents is 4. The molecule has 3 aromatic rings. The molecule has 0 aliphatic carbocycles. The van der Waals surface area contributed by atoms with Crippen LogP contribution in [-0.2, 0) is 0 Å². The number of methoxy groups -OCH3 is 3. The van der Waals surface area contributed by atoms with Crippen LogP contribution in [0.4, 0.5) is 0 Å². The minimum atomic E-state index is -0.754. The van der Waals surface area contributed by atoms with Gasteiger partial charge in [-0.25, -0.2) is 0 Å². The van der Waals surface area contributed by atoms with Crippen molar-refractivity contribution < 1.29 is 39.1 Å². The molecular weight excluding hydrogens is 360 g/mol. The molecule has 0 amide bonds. The van der Waals surface area contributed by atoms with Gasteiger partial charge in [-0.1, -0.05) is 0 Å². The fourth-order valence-corrected chi connectivity index (χ4v) is 2.75. The third-order valence-electron chi connectivity index (χ3n) is 4.00. The second kappa shape index (κ2) is 6.52. The molecule has 9 nitrogen and oxygen atoms in total. The van der Waals surface area contributed by atoms with E-state index in [-0.39, 0.29) is 45.3 Å². The van der Waals surface area contributed by atoms with Crippen molar-refractivity contribution in [3.63, 3.8) is 0 Å². The van der Waals surface area contributed by atoms with Crippen molar-refractivity contribution >= 4 is 11.0 Å². The van der Waals surface area contributed by atoms with Crippen LogP contribution in [0.2, 0.25) is 0 Å². The number of rotatable bonds is 4. The van der Waals surface area contributed by atoms with E-state index in [1.54, 1.807) is 0 Å². The largest absolute Gasteiger partial charge is 0.507 e. The molecule has 1 aromatic heterocycles. The highest BCUT2D eigenvalue weighted by molar-refractivity contribution is 5.91. The zero-order chi connectivity index (χ0) is 19.9. The Morgan fingerprint density at radius 1 is 0.815 bits per heavy atom. The highest BCUT2D eigenvalue weighted by Gasteiger charge is 2.25. The zero-order valence-corrected chi connectivity index (χ0v) is 14.6. The quantitative estimate of drug-likeness (QED) is 0.540. The number of benzene rings is 2. The van der Waals surface area contributed by atoms with Crippen molar-refractivity contribution in [2.24, 2.45) is 0 Å². The Labute approximate surface area is 152 Å². The maximum Gasteiger partial charge on any atom is 0.239 e. The Morgan fingerprint density at radius 3 is 2.07 bits per heavy atom. The topological polar surface area (TPSA) is 139 Å². The molecule has 27 heavy (non-hydrogen) atoms. The number of phenols is 4. The fraction of sp³-hybridized carbons (Fsp3) is 0.167. The van der Waals surface area contributed by atoms with Gasteiger partial charge in [-0.15, -0.1) is 0 Å². The summed E-state index contributed by atoms with van der Waals surface area (Å²) < 4.78 is 20.6. The van der Waals surface area contributed by atoms with Crippen molar-refractivity contribution in [2.45, 2.75) is 0 Å². The SMILES string of the molecule is COc1cc(-c2oc3cc(O)c(OC)c(O)c3c(=O)c2OC)c(O)cc1O. The van der Waals surface area contributed by atoms with E-state index in [9.17, 15) is 25.2 Å². The van der Waals surface area contributed by atoms with Gasteiger partial charge in [0.05, 0.1) is 26.9 Å². The number of aromatic hydroxyl groups is 4. The van der Waals surface area contributed by atoms with Crippen molar-refractivity contribution in [1.29, 1.82) is 0 Å². The summed E-state index contributed by atoms with van der Waals surface area (Å²) in [6, 6.07) is 3.36. The van der Waals surface area contributed by atoms with Crippen LogP contribution in [0, 0.1) is 0 Å². The molecule has 0 fully saturated rings. The standard InChI is InChI=1S/C18H16O9/c1-24-11-4-7(8(19)5-9(11)20)16-18(26-3)15(23)13-12(27-16)6-10(21)17(25-2)14(13)22/h4-6,19-22H,1-3H3. The van der Waals surface area contributed by atoms with Crippen LogP contribution < -0.4 is 19.6 Å². The van der Waals surface area contributed by atoms with E-state index in [0.29, 0.717) is 0 Å². The molecule has 0 radical (unpaired) electrons. The number of ether oxygens (including phenoxy) is 3. The molecule has 2 aromatic carbocycles. The average molecular weight is 376 g/mol. The fourth-order valence-electron chi connectivity index (χ4n) is 2.75. The van der Waals surface area contributed by atoms with Gasteiger partial charge in [0, 0.05) is 12.1 Å². The first kappa shape index (κ1) is 18.1. The molecule has 4 N–H and O–H groups in total. The molecule has 1 heterocycles. The van der Waals surface area contributed by atoms with E-state index in [2.05, 4.69) is 0 Å². The van der Waals surface area contributed by atoms with Gasteiger partial charge in [0.15, 0.2) is 28.8 Å². The Balaban J connectivity index is 2.44. The predicted molar refractivity (Wildman–Crippen MR) is 94.2 cm³/mol. The van der Waals surface area contributed by atoms with Gasteiger partial charge in [-0.3, -0.25) is 4.79 Å². The normalized spacial score (nSPS) is 10.8. The molecule has 0 saturated heterocycles. The van der Waals surface area contributed by atoms with E-state index in [4.69, 9.17) is 18.6 Å². The van der Waals surface area contributed by atoms with Crippen LogP contribution >= 0.6 is 0 Å².